The molecule has 4 nitrogen and oxygen atoms in total. The van der Waals surface area contributed by atoms with Crippen molar-refractivity contribution in [3.05, 3.63) is 46.5 Å². The van der Waals surface area contributed by atoms with Gasteiger partial charge in [-0.15, -0.1) is 11.3 Å². The van der Waals surface area contributed by atoms with Crippen LogP contribution in [0, 0.1) is 6.92 Å². The van der Waals surface area contributed by atoms with Crippen LogP contribution in [0.2, 0.25) is 0 Å². The summed E-state index contributed by atoms with van der Waals surface area (Å²) in [5.74, 6) is -0.270. The molecule has 1 unspecified atom stereocenters. The number of benzene rings is 1. The predicted molar refractivity (Wildman–Crippen MR) is 81.1 cm³/mol. The van der Waals surface area contributed by atoms with E-state index in [0.29, 0.717) is 0 Å². The second-order valence-electron chi connectivity index (χ2n) is 4.62. The first-order valence-corrected chi connectivity index (χ1v) is 7.31. The van der Waals surface area contributed by atoms with Crippen molar-refractivity contribution < 1.29 is 9.53 Å². The van der Waals surface area contributed by atoms with Crippen LogP contribution in [0.15, 0.2) is 29.6 Å². The Labute approximate surface area is 122 Å². The number of anilines is 1. The van der Waals surface area contributed by atoms with E-state index in [2.05, 4.69) is 41.0 Å². The molecule has 0 aliphatic heterocycles. The van der Waals surface area contributed by atoms with Gasteiger partial charge in [-0.3, -0.25) is 4.79 Å². The van der Waals surface area contributed by atoms with E-state index < -0.39 is 0 Å². The fraction of sp³-hybridized carbons (Fsp3) is 0.333. The Morgan fingerprint density at radius 2 is 2.20 bits per heavy atom. The fourth-order valence-electron chi connectivity index (χ4n) is 2.01. The molecule has 0 aliphatic carbocycles. The zero-order valence-electron chi connectivity index (χ0n) is 11.8. The molecule has 1 N–H and O–H groups in total. The van der Waals surface area contributed by atoms with Crippen molar-refractivity contribution in [2.75, 3.05) is 12.4 Å². The summed E-state index contributed by atoms with van der Waals surface area (Å²) in [6.07, 6.45) is 0.216. The van der Waals surface area contributed by atoms with Crippen LogP contribution in [0.3, 0.4) is 0 Å². The van der Waals surface area contributed by atoms with E-state index in [9.17, 15) is 4.79 Å². The standard InChI is InChI=1S/C15H18N2O2S/c1-10-6-4-5-7-13(10)11(2)16-15-17-12(9-20-15)8-14(18)19-3/h4-7,9,11H,8H2,1-3H3,(H,16,17). The number of esters is 1. The number of aromatic nitrogens is 1. The van der Waals surface area contributed by atoms with Crippen LogP contribution in [0.4, 0.5) is 5.13 Å². The first-order chi connectivity index (χ1) is 9.60. The number of aryl methyl sites for hydroxylation is 1. The summed E-state index contributed by atoms with van der Waals surface area (Å²) in [6.45, 7) is 4.20. The molecule has 0 spiro atoms. The lowest BCUT2D eigenvalue weighted by Gasteiger charge is -2.15. The van der Waals surface area contributed by atoms with Crippen molar-refractivity contribution in [3.8, 4) is 0 Å². The fourth-order valence-corrected chi connectivity index (χ4v) is 2.81. The third-order valence-corrected chi connectivity index (χ3v) is 3.92. The van der Waals surface area contributed by atoms with Gasteiger partial charge < -0.3 is 10.1 Å². The van der Waals surface area contributed by atoms with Gasteiger partial charge in [-0.1, -0.05) is 24.3 Å². The lowest BCUT2D eigenvalue weighted by atomic mass is 10.0. The van der Waals surface area contributed by atoms with Crippen molar-refractivity contribution >= 4 is 22.4 Å². The third kappa shape index (κ3) is 3.57. The topological polar surface area (TPSA) is 51.2 Å². The molecule has 0 fully saturated rings. The van der Waals surface area contributed by atoms with Gasteiger partial charge in [0.05, 0.1) is 25.3 Å². The van der Waals surface area contributed by atoms with Gasteiger partial charge in [0.25, 0.3) is 0 Å². The lowest BCUT2D eigenvalue weighted by Crippen LogP contribution is -2.08. The highest BCUT2D eigenvalue weighted by Crippen LogP contribution is 2.24. The van der Waals surface area contributed by atoms with E-state index in [0.717, 1.165) is 10.8 Å². The summed E-state index contributed by atoms with van der Waals surface area (Å²) < 4.78 is 4.63. The summed E-state index contributed by atoms with van der Waals surface area (Å²) in [5, 5.41) is 6.06. The Balaban J connectivity index is 2.03. The molecule has 0 saturated heterocycles. The minimum absolute atomic E-state index is 0.174. The van der Waals surface area contributed by atoms with Crippen molar-refractivity contribution in [1.29, 1.82) is 0 Å². The van der Waals surface area contributed by atoms with E-state index in [1.807, 2.05) is 17.5 Å². The second-order valence-corrected chi connectivity index (χ2v) is 5.48. The van der Waals surface area contributed by atoms with Crippen LogP contribution in [0.5, 0.6) is 0 Å². The maximum absolute atomic E-state index is 11.2. The van der Waals surface area contributed by atoms with Crippen molar-refractivity contribution in [2.45, 2.75) is 26.3 Å². The number of carbonyl (C=O) groups excluding carboxylic acids is 1. The zero-order chi connectivity index (χ0) is 14.5. The minimum atomic E-state index is -0.270. The molecule has 2 aromatic rings. The second kappa shape index (κ2) is 6.52. The first-order valence-electron chi connectivity index (χ1n) is 6.43. The number of nitrogens with one attached hydrogen (secondary N) is 1. The molecule has 1 aromatic heterocycles. The highest BCUT2D eigenvalue weighted by Gasteiger charge is 2.11. The van der Waals surface area contributed by atoms with Crippen LogP contribution in [-0.4, -0.2) is 18.1 Å². The molecule has 0 bridgehead atoms. The summed E-state index contributed by atoms with van der Waals surface area (Å²) >= 11 is 1.50. The Bertz CT molecular complexity index is 595. The van der Waals surface area contributed by atoms with Crippen LogP contribution in [-0.2, 0) is 16.0 Å². The molecule has 1 atom stereocenters. The van der Waals surface area contributed by atoms with Gasteiger partial charge in [-0.05, 0) is 25.0 Å². The molecule has 2 rings (SSSR count). The Morgan fingerprint density at radius 1 is 1.45 bits per heavy atom. The summed E-state index contributed by atoms with van der Waals surface area (Å²) in [6, 6.07) is 8.44. The maximum Gasteiger partial charge on any atom is 0.311 e. The normalized spacial score (nSPS) is 11.9. The molecule has 20 heavy (non-hydrogen) atoms. The number of carbonyl (C=O) groups is 1. The number of rotatable bonds is 5. The smallest absolute Gasteiger partial charge is 0.311 e. The van der Waals surface area contributed by atoms with Gasteiger partial charge in [0.2, 0.25) is 0 Å². The van der Waals surface area contributed by atoms with Crippen LogP contribution < -0.4 is 5.32 Å². The molecular formula is C15H18N2O2S. The van der Waals surface area contributed by atoms with E-state index in [4.69, 9.17) is 0 Å². The number of hydrogen-bond acceptors (Lipinski definition) is 5. The van der Waals surface area contributed by atoms with Gasteiger partial charge in [0.1, 0.15) is 0 Å². The number of nitrogens with zero attached hydrogens (tertiary/aromatic N) is 1. The monoisotopic (exact) mass is 290 g/mol. The highest BCUT2D eigenvalue weighted by molar-refractivity contribution is 7.13. The SMILES string of the molecule is COC(=O)Cc1csc(NC(C)c2ccccc2C)n1. The van der Waals surface area contributed by atoms with Crippen LogP contribution in [0.1, 0.15) is 29.8 Å². The Kier molecular flexibility index (Phi) is 4.74. The molecule has 0 amide bonds. The van der Waals surface area contributed by atoms with E-state index in [1.165, 1.54) is 29.6 Å². The largest absolute Gasteiger partial charge is 0.469 e. The summed E-state index contributed by atoms with van der Waals surface area (Å²) in [5.41, 5.74) is 3.23. The zero-order valence-corrected chi connectivity index (χ0v) is 12.7. The summed E-state index contributed by atoms with van der Waals surface area (Å²) in [7, 11) is 1.38. The van der Waals surface area contributed by atoms with E-state index >= 15 is 0 Å². The van der Waals surface area contributed by atoms with Gasteiger partial charge in [0.15, 0.2) is 5.13 Å². The van der Waals surface area contributed by atoms with E-state index in [1.54, 1.807) is 0 Å². The average Bonchev–Trinajstić information content (AvgIpc) is 2.86. The molecule has 1 heterocycles. The average molecular weight is 290 g/mol. The molecule has 0 radical (unpaired) electrons. The number of thiazole rings is 1. The molecule has 0 aliphatic rings. The molecular weight excluding hydrogens is 272 g/mol. The molecule has 1 aromatic carbocycles. The number of methoxy groups -OCH3 is 1. The van der Waals surface area contributed by atoms with Crippen LogP contribution in [0.25, 0.3) is 0 Å². The Morgan fingerprint density at radius 3 is 2.90 bits per heavy atom. The summed E-state index contributed by atoms with van der Waals surface area (Å²) in [4.78, 5) is 15.6. The van der Waals surface area contributed by atoms with Gasteiger partial charge in [-0.25, -0.2) is 4.98 Å². The lowest BCUT2D eigenvalue weighted by molar-refractivity contribution is -0.139. The van der Waals surface area contributed by atoms with Crippen molar-refractivity contribution in [1.82, 2.24) is 4.98 Å². The van der Waals surface area contributed by atoms with Gasteiger partial charge in [-0.2, -0.15) is 0 Å². The highest BCUT2D eigenvalue weighted by atomic mass is 32.1. The first kappa shape index (κ1) is 14.5. The van der Waals surface area contributed by atoms with Crippen molar-refractivity contribution in [2.24, 2.45) is 0 Å². The third-order valence-electron chi connectivity index (χ3n) is 3.10. The predicted octanol–water partition coefficient (Wildman–Crippen LogP) is 3.34. The number of ether oxygens (including phenoxy) is 1. The quantitative estimate of drug-likeness (QED) is 0.858. The molecule has 5 heteroatoms. The van der Waals surface area contributed by atoms with Crippen molar-refractivity contribution in [3.63, 3.8) is 0 Å². The Hall–Kier alpha value is -1.88. The van der Waals surface area contributed by atoms with Gasteiger partial charge in [0, 0.05) is 5.38 Å². The minimum Gasteiger partial charge on any atom is -0.469 e. The van der Waals surface area contributed by atoms with E-state index in [-0.39, 0.29) is 18.4 Å². The maximum atomic E-state index is 11.2. The van der Waals surface area contributed by atoms with Gasteiger partial charge >= 0.3 is 5.97 Å². The number of hydrogen-bond donors (Lipinski definition) is 1. The van der Waals surface area contributed by atoms with Crippen LogP contribution >= 0.6 is 11.3 Å². The molecule has 0 saturated carbocycles. The molecule has 106 valence electrons.